The SMILES string of the molecule is O=C(O)CNC(=O)C1=C(O)CCN(C[C@@H]2CC[C@@H](c3ccccc3)C2)C1=O. The van der Waals surface area contributed by atoms with Crippen LogP contribution < -0.4 is 5.32 Å². The first-order valence-corrected chi connectivity index (χ1v) is 9.22. The van der Waals surface area contributed by atoms with Crippen LogP contribution in [-0.4, -0.2) is 52.5 Å². The molecule has 1 aromatic rings. The molecule has 0 aromatic heterocycles. The Bertz CT molecular complexity index is 759. The van der Waals surface area contributed by atoms with Gasteiger partial charge < -0.3 is 20.4 Å². The number of carboxylic acid groups (broad SMARTS) is 1. The van der Waals surface area contributed by atoms with Gasteiger partial charge in [-0.2, -0.15) is 0 Å². The number of amides is 2. The predicted octanol–water partition coefficient (Wildman–Crippen LogP) is 1.82. The number of rotatable bonds is 6. The van der Waals surface area contributed by atoms with E-state index in [-0.39, 0.29) is 17.8 Å². The second-order valence-electron chi connectivity index (χ2n) is 7.19. The standard InChI is InChI=1S/C20H24N2O5/c23-16-8-9-22(20(27)18(16)19(26)21-11-17(24)25)12-13-6-7-15(10-13)14-4-2-1-3-5-14/h1-5,13,15,23H,6-12H2,(H,21,26)(H,24,25)/t13-,15-/m1/s1. The fraction of sp³-hybridized carbons (Fsp3) is 0.450. The normalized spacial score (nSPS) is 22.8. The Morgan fingerprint density at radius 1 is 1.19 bits per heavy atom. The quantitative estimate of drug-likeness (QED) is 0.660. The Balaban J connectivity index is 1.61. The van der Waals surface area contributed by atoms with Crippen LogP contribution in [0.4, 0.5) is 0 Å². The summed E-state index contributed by atoms with van der Waals surface area (Å²) in [5, 5.41) is 20.8. The van der Waals surface area contributed by atoms with Gasteiger partial charge in [0.2, 0.25) is 0 Å². The Kier molecular flexibility index (Phi) is 5.78. The number of aliphatic hydroxyl groups is 1. The summed E-state index contributed by atoms with van der Waals surface area (Å²) in [5.41, 5.74) is 0.983. The van der Waals surface area contributed by atoms with Crippen LogP contribution in [0.2, 0.25) is 0 Å². The molecule has 3 rings (SSSR count). The van der Waals surface area contributed by atoms with E-state index < -0.39 is 24.3 Å². The molecule has 1 aromatic carbocycles. The number of carbonyl (C=O) groups is 3. The molecular formula is C20H24N2O5. The maximum absolute atomic E-state index is 12.7. The first-order chi connectivity index (χ1) is 13.0. The van der Waals surface area contributed by atoms with Crippen LogP contribution in [-0.2, 0) is 14.4 Å². The van der Waals surface area contributed by atoms with E-state index >= 15 is 0 Å². The summed E-state index contributed by atoms with van der Waals surface area (Å²) in [7, 11) is 0. The van der Waals surface area contributed by atoms with Crippen molar-refractivity contribution in [1.29, 1.82) is 0 Å². The molecule has 1 saturated carbocycles. The van der Waals surface area contributed by atoms with E-state index in [0.29, 0.717) is 24.9 Å². The Morgan fingerprint density at radius 2 is 1.93 bits per heavy atom. The van der Waals surface area contributed by atoms with Crippen LogP contribution in [0, 0.1) is 5.92 Å². The molecule has 2 aliphatic rings. The second kappa shape index (κ2) is 8.24. The van der Waals surface area contributed by atoms with Gasteiger partial charge in [0.25, 0.3) is 11.8 Å². The van der Waals surface area contributed by atoms with Gasteiger partial charge in [0.1, 0.15) is 17.9 Å². The van der Waals surface area contributed by atoms with Gasteiger partial charge in [-0.3, -0.25) is 14.4 Å². The van der Waals surface area contributed by atoms with E-state index in [9.17, 15) is 19.5 Å². The number of aliphatic carboxylic acids is 1. The molecule has 144 valence electrons. The molecule has 3 N–H and O–H groups in total. The highest BCUT2D eigenvalue weighted by Gasteiger charge is 2.35. The largest absolute Gasteiger partial charge is 0.511 e. The maximum Gasteiger partial charge on any atom is 0.322 e. The van der Waals surface area contributed by atoms with Crippen LogP contribution in [0.5, 0.6) is 0 Å². The molecule has 0 radical (unpaired) electrons. The summed E-state index contributed by atoms with van der Waals surface area (Å²) in [5.74, 6) is -2.00. The molecule has 0 spiro atoms. The first kappa shape index (κ1) is 18.9. The van der Waals surface area contributed by atoms with Gasteiger partial charge in [0.05, 0.1) is 0 Å². The van der Waals surface area contributed by atoms with Crippen molar-refractivity contribution in [3.05, 3.63) is 47.2 Å². The van der Waals surface area contributed by atoms with Crippen molar-refractivity contribution in [2.75, 3.05) is 19.6 Å². The third kappa shape index (κ3) is 4.48. The van der Waals surface area contributed by atoms with Gasteiger partial charge in [-0.15, -0.1) is 0 Å². The lowest BCUT2D eigenvalue weighted by atomic mass is 9.96. The van der Waals surface area contributed by atoms with Gasteiger partial charge in [-0.05, 0) is 36.7 Å². The second-order valence-corrected chi connectivity index (χ2v) is 7.19. The summed E-state index contributed by atoms with van der Waals surface area (Å²) in [6, 6.07) is 10.3. The monoisotopic (exact) mass is 372 g/mol. The summed E-state index contributed by atoms with van der Waals surface area (Å²) in [6.45, 7) is 0.322. The van der Waals surface area contributed by atoms with E-state index in [2.05, 4.69) is 17.4 Å². The minimum atomic E-state index is -1.21. The highest BCUT2D eigenvalue weighted by molar-refractivity contribution is 6.19. The maximum atomic E-state index is 12.7. The van der Waals surface area contributed by atoms with Gasteiger partial charge in [0, 0.05) is 19.5 Å². The van der Waals surface area contributed by atoms with E-state index in [1.807, 2.05) is 18.2 Å². The van der Waals surface area contributed by atoms with Gasteiger partial charge >= 0.3 is 5.97 Å². The number of aliphatic hydroxyl groups excluding tert-OH is 1. The van der Waals surface area contributed by atoms with Crippen molar-refractivity contribution in [3.8, 4) is 0 Å². The molecule has 7 heteroatoms. The molecule has 1 heterocycles. The zero-order valence-electron chi connectivity index (χ0n) is 15.1. The third-order valence-corrected chi connectivity index (χ3v) is 5.33. The van der Waals surface area contributed by atoms with Crippen molar-refractivity contribution < 1.29 is 24.6 Å². The molecule has 27 heavy (non-hydrogen) atoms. The van der Waals surface area contributed by atoms with Crippen molar-refractivity contribution in [3.63, 3.8) is 0 Å². The smallest absolute Gasteiger partial charge is 0.322 e. The number of carbonyl (C=O) groups excluding carboxylic acids is 2. The molecule has 0 unspecified atom stereocenters. The fourth-order valence-corrected chi connectivity index (χ4v) is 3.98. The topological polar surface area (TPSA) is 107 Å². The van der Waals surface area contributed by atoms with Gasteiger partial charge in [-0.25, -0.2) is 0 Å². The zero-order chi connectivity index (χ0) is 19.4. The number of hydrogen-bond donors (Lipinski definition) is 3. The highest BCUT2D eigenvalue weighted by atomic mass is 16.4. The summed E-state index contributed by atoms with van der Waals surface area (Å²) in [4.78, 5) is 37.0. The third-order valence-electron chi connectivity index (χ3n) is 5.33. The lowest BCUT2D eigenvalue weighted by Gasteiger charge is -2.30. The van der Waals surface area contributed by atoms with E-state index in [1.165, 1.54) is 5.56 Å². The molecule has 0 bridgehead atoms. The summed E-state index contributed by atoms with van der Waals surface area (Å²) in [6.07, 6.45) is 3.28. The van der Waals surface area contributed by atoms with Crippen LogP contribution in [0.1, 0.15) is 37.2 Å². The van der Waals surface area contributed by atoms with E-state index in [0.717, 1.165) is 19.3 Å². The summed E-state index contributed by atoms with van der Waals surface area (Å²) >= 11 is 0. The number of carboxylic acids is 1. The molecule has 0 saturated heterocycles. The van der Waals surface area contributed by atoms with E-state index in [4.69, 9.17) is 5.11 Å². The lowest BCUT2D eigenvalue weighted by Crippen LogP contribution is -2.45. The molecule has 7 nitrogen and oxygen atoms in total. The van der Waals surface area contributed by atoms with Crippen molar-refractivity contribution in [2.24, 2.45) is 5.92 Å². The number of nitrogens with one attached hydrogen (secondary N) is 1. The average molecular weight is 372 g/mol. The summed E-state index contributed by atoms with van der Waals surface area (Å²) < 4.78 is 0. The Hall–Kier alpha value is -2.83. The first-order valence-electron chi connectivity index (χ1n) is 9.22. The molecular weight excluding hydrogens is 348 g/mol. The molecule has 2 atom stereocenters. The Labute approximate surface area is 157 Å². The van der Waals surface area contributed by atoms with E-state index in [1.54, 1.807) is 4.90 Å². The van der Waals surface area contributed by atoms with Crippen molar-refractivity contribution in [2.45, 2.75) is 31.6 Å². The number of hydrogen-bond acceptors (Lipinski definition) is 4. The Morgan fingerprint density at radius 3 is 2.63 bits per heavy atom. The van der Waals surface area contributed by atoms with Crippen molar-refractivity contribution in [1.82, 2.24) is 10.2 Å². The van der Waals surface area contributed by atoms with Gasteiger partial charge in [-0.1, -0.05) is 30.3 Å². The minimum absolute atomic E-state index is 0.205. The lowest BCUT2D eigenvalue weighted by molar-refractivity contribution is -0.138. The average Bonchev–Trinajstić information content (AvgIpc) is 3.12. The number of nitrogens with zero attached hydrogens (tertiary/aromatic N) is 1. The molecule has 1 aliphatic heterocycles. The predicted molar refractivity (Wildman–Crippen MR) is 98.0 cm³/mol. The highest BCUT2D eigenvalue weighted by Crippen LogP contribution is 2.39. The minimum Gasteiger partial charge on any atom is -0.511 e. The van der Waals surface area contributed by atoms with Gasteiger partial charge in [0.15, 0.2) is 0 Å². The van der Waals surface area contributed by atoms with Crippen molar-refractivity contribution >= 4 is 17.8 Å². The molecule has 1 fully saturated rings. The zero-order valence-corrected chi connectivity index (χ0v) is 15.1. The van der Waals surface area contributed by atoms with Crippen LogP contribution in [0.25, 0.3) is 0 Å². The number of benzene rings is 1. The van der Waals surface area contributed by atoms with Crippen LogP contribution in [0.15, 0.2) is 41.7 Å². The molecule has 2 amide bonds. The van der Waals surface area contributed by atoms with Crippen LogP contribution in [0.3, 0.4) is 0 Å². The fourth-order valence-electron chi connectivity index (χ4n) is 3.98. The molecule has 1 aliphatic carbocycles. The van der Waals surface area contributed by atoms with Crippen LogP contribution >= 0.6 is 0 Å².